The molecule has 1 unspecified atom stereocenters. The minimum absolute atomic E-state index is 0.886. The molecule has 0 saturated heterocycles. The molecule has 0 bridgehead atoms. The van der Waals surface area contributed by atoms with Gasteiger partial charge in [-0.3, -0.25) is 4.98 Å². The number of hydrogen-bond acceptors (Lipinski definition) is 2. The van der Waals surface area contributed by atoms with Gasteiger partial charge in [-0.2, -0.15) is 0 Å². The summed E-state index contributed by atoms with van der Waals surface area (Å²) in [5, 5.41) is 12.1. The van der Waals surface area contributed by atoms with Crippen molar-refractivity contribution in [2.75, 3.05) is 0 Å². The fourth-order valence-corrected chi connectivity index (χ4v) is 2.75. The topological polar surface area (TPSA) is 33.1 Å². The summed E-state index contributed by atoms with van der Waals surface area (Å²) in [6.45, 7) is 3.97. The molecule has 0 radical (unpaired) electrons. The highest BCUT2D eigenvalue weighted by Gasteiger charge is 2.27. The summed E-state index contributed by atoms with van der Waals surface area (Å²) < 4.78 is 0. The summed E-state index contributed by atoms with van der Waals surface area (Å²) in [5.74, 6) is 0. The van der Waals surface area contributed by atoms with Crippen LogP contribution in [0.5, 0.6) is 0 Å². The van der Waals surface area contributed by atoms with Gasteiger partial charge >= 0.3 is 0 Å². The van der Waals surface area contributed by atoms with Gasteiger partial charge in [0.25, 0.3) is 0 Å². The number of nitrogens with zero attached hydrogens (tertiary/aromatic N) is 1. The number of fused-ring (bicyclic) bond motifs is 1. The molecule has 1 N–H and O–H groups in total. The molecule has 0 spiro atoms. The van der Waals surface area contributed by atoms with E-state index in [1.165, 1.54) is 5.56 Å². The van der Waals surface area contributed by atoms with Crippen LogP contribution in [0.25, 0.3) is 10.9 Å². The highest BCUT2D eigenvalue weighted by molar-refractivity contribution is 5.83. The number of benzene rings is 2. The molecule has 0 aliphatic carbocycles. The van der Waals surface area contributed by atoms with Gasteiger partial charge in [-0.05, 0) is 42.2 Å². The average Bonchev–Trinajstić information content (AvgIpc) is 2.54. The molecule has 21 heavy (non-hydrogen) atoms. The summed E-state index contributed by atoms with van der Waals surface area (Å²) >= 11 is 0. The van der Waals surface area contributed by atoms with E-state index in [-0.39, 0.29) is 0 Å². The largest absolute Gasteiger partial charge is 0.381 e. The zero-order valence-corrected chi connectivity index (χ0v) is 12.4. The zero-order chi connectivity index (χ0) is 14.9. The van der Waals surface area contributed by atoms with Crippen LogP contribution in [-0.4, -0.2) is 10.1 Å². The van der Waals surface area contributed by atoms with Gasteiger partial charge in [-0.25, -0.2) is 0 Å². The van der Waals surface area contributed by atoms with Crippen molar-refractivity contribution in [3.63, 3.8) is 0 Å². The third-order valence-corrected chi connectivity index (χ3v) is 4.09. The van der Waals surface area contributed by atoms with Crippen LogP contribution in [0, 0.1) is 0 Å². The number of aromatic nitrogens is 1. The lowest BCUT2D eigenvalue weighted by Crippen LogP contribution is -2.23. The fourth-order valence-electron chi connectivity index (χ4n) is 2.75. The highest BCUT2D eigenvalue weighted by atomic mass is 16.3. The van der Waals surface area contributed by atoms with E-state index in [1.54, 1.807) is 6.20 Å². The summed E-state index contributed by atoms with van der Waals surface area (Å²) in [5.41, 5.74) is 2.93. The van der Waals surface area contributed by atoms with Crippen molar-refractivity contribution in [3.8, 4) is 0 Å². The van der Waals surface area contributed by atoms with Crippen LogP contribution in [0.15, 0.2) is 60.8 Å². The van der Waals surface area contributed by atoms with Crippen LogP contribution in [0.1, 0.15) is 30.5 Å². The Morgan fingerprint density at radius 2 is 1.76 bits per heavy atom. The molecule has 1 atom stereocenters. The Kier molecular flexibility index (Phi) is 3.48. The lowest BCUT2D eigenvalue weighted by molar-refractivity contribution is 0.104. The summed E-state index contributed by atoms with van der Waals surface area (Å²) in [7, 11) is 0. The molecule has 0 amide bonds. The van der Waals surface area contributed by atoms with Gasteiger partial charge in [0.2, 0.25) is 0 Å². The van der Waals surface area contributed by atoms with Gasteiger partial charge in [-0.1, -0.05) is 49.4 Å². The quantitative estimate of drug-likeness (QED) is 0.783. The van der Waals surface area contributed by atoms with Gasteiger partial charge in [0.15, 0.2) is 0 Å². The van der Waals surface area contributed by atoms with E-state index < -0.39 is 5.60 Å². The van der Waals surface area contributed by atoms with E-state index in [2.05, 4.69) is 24.0 Å². The second-order valence-corrected chi connectivity index (χ2v) is 5.50. The van der Waals surface area contributed by atoms with Crippen LogP contribution < -0.4 is 0 Å². The average molecular weight is 277 g/mol. The van der Waals surface area contributed by atoms with Crippen LogP contribution >= 0.6 is 0 Å². The maximum Gasteiger partial charge on any atom is 0.112 e. The Balaban J connectivity index is 2.14. The van der Waals surface area contributed by atoms with Crippen molar-refractivity contribution in [2.24, 2.45) is 0 Å². The number of pyridine rings is 1. The first kappa shape index (κ1) is 13.8. The van der Waals surface area contributed by atoms with Crippen LogP contribution in [0.4, 0.5) is 0 Å². The first-order valence-electron chi connectivity index (χ1n) is 7.29. The van der Waals surface area contributed by atoms with Crippen molar-refractivity contribution >= 4 is 10.9 Å². The van der Waals surface area contributed by atoms with Crippen molar-refractivity contribution in [3.05, 3.63) is 77.5 Å². The van der Waals surface area contributed by atoms with Gasteiger partial charge in [0.05, 0.1) is 5.52 Å². The Labute approximate surface area is 125 Å². The van der Waals surface area contributed by atoms with Crippen LogP contribution in [0.3, 0.4) is 0 Å². The molecule has 0 aliphatic rings. The maximum absolute atomic E-state index is 11.1. The normalized spacial score (nSPS) is 14.0. The summed E-state index contributed by atoms with van der Waals surface area (Å²) in [4.78, 5) is 4.37. The SMILES string of the molecule is CCc1ccc(C(C)(O)c2cccc3ncccc23)cc1. The van der Waals surface area contributed by atoms with Gasteiger partial charge in [-0.15, -0.1) is 0 Å². The summed E-state index contributed by atoms with van der Waals surface area (Å²) in [6, 6.07) is 18.0. The molecule has 0 aliphatic heterocycles. The van der Waals surface area contributed by atoms with E-state index in [1.807, 2.05) is 49.4 Å². The molecule has 1 heterocycles. The molecule has 106 valence electrons. The molecule has 1 aromatic heterocycles. The standard InChI is InChI=1S/C19H19NO/c1-3-14-9-11-15(12-10-14)19(2,21)17-7-4-8-18-16(17)6-5-13-20-18/h4-13,21H,3H2,1-2H3. The van der Waals surface area contributed by atoms with Gasteiger partial charge in [0.1, 0.15) is 5.60 Å². The molecule has 2 nitrogen and oxygen atoms in total. The minimum atomic E-state index is -1.03. The van der Waals surface area contributed by atoms with Crippen molar-refractivity contribution < 1.29 is 5.11 Å². The van der Waals surface area contributed by atoms with Gasteiger partial charge in [0, 0.05) is 11.6 Å². The van der Waals surface area contributed by atoms with E-state index in [9.17, 15) is 5.11 Å². The molecule has 3 rings (SSSR count). The number of hydrogen-bond donors (Lipinski definition) is 1. The van der Waals surface area contributed by atoms with Crippen molar-refractivity contribution in [1.29, 1.82) is 0 Å². The van der Waals surface area contributed by atoms with E-state index in [0.717, 1.165) is 28.5 Å². The molecule has 2 heteroatoms. The molecule has 0 saturated carbocycles. The van der Waals surface area contributed by atoms with E-state index >= 15 is 0 Å². The maximum atomic E-state index is 11.1. The highest BCUT2D eigenvalue weighted by Crippen LogP contribution is 2.33. The molecule has 2 aromatic carbocycles. The number of rotatable bonds is 3. The van der Waals surface area contributed by atoms with Crippen molar-refractivity contribution in [2.45, 2.75) is 25.9 Å². The van der Waals surface area contributed by atoms with Crippen LogP contribution in [-0.2, 0) is 12.0 Å². The minimum Gasteiger partial charge on any atom is -0.381 e. The Bertz CT molecular complexity index is 755. The molecule has 3 aromatic rings. The van der Waals surface area contributed by atoms with Gasteiger partial charge < -0.3 is 5.11 Å². The van der Waals surface area contributed by atoms with E-state index in [4.69, 9.17) is 0 Å². The molecular formula is C19H19NO. The third kappa shape index (κ3) is 2.43. The fraction of sp³-hybridized carbons (Fsp3) is 0.211. The Morgan fingerprint density at radius 3 is 2.48 bits per heavy atom. The molecular weight excluding hydrogens is 258 g/mol. The number of aliphatic hydroxyl groups is 1. The first-order chi connectivity index (χ1) is 10.1. The Hall–Kier alpha value is -2.19. The van der Waals surface area contributed by atoms with E-state index in [0.29, 0.717) is 0 Å². The summed E-state index contributed by atoms with van der Waals surface area (Å²) in [6.07, 6.45) is 2.78. The smallest absolute Gasteiger partial charge is 0.112 e. The predicted molar refractivity (Wildman–Crippen MR) is 86.2 cm³/mol. The lowest BCUT2D eigenvalue weighted by atomic mass is 9.85. The monoisotopic (exact) mass is 277 g/mol. The Morgan fingerprint density at radius 1 is 1.00 bits per heavy atom. The third-order valence-electron chi connectivity index (χ3n) is 4.09. The van der Waals surface area contributed by atoms with Crippen LogP contribution in [0.2, 0.25) is 0 Å². The second-order valence-electron chi connectivity index (χ2n) is 5.50. The zero-order valence-electron chi connectivity index (χ0n) is 12.4. The molecule has 0 fully saturated rings. The lowest BCUT2D eigenvalue weighted by Gasteiger charge is -2.26. The van der Waals surface area contributed by atoms with Crippen molar-refractivity contribution in [1.82, 2.24) is 4.98 Å². The first-order valence-corrected chi connectivity index (χ1v) is 7.29. The second kappa shape index (κ2) is 5.30. The number of aryl methyl sites for hydroxylation is 1. The predicted octanol–water partition coefficient (Wildman–Crippen LogP) is 4.05.